The summed E-state index contributed by atoms with van der Waals surface area (Å²) < 4.78 is 10.8. The summed E-state index contributed by atoms with van der Waals surface area (Å²) in [5.74, 6) is 1.93. The molecule has 0 spiro atoms. The third-order valence-corrected chi connectivity index (χ3v) is 5.93. The first-order valence-electron chi connectivity index (χ1n) is 11.0. The van der Waals surface area contributed by atoms with Gasteiger partial charge in [0, 0.05) is 44.7 Å². The number of benzene rings is 1. The van der Waals surface area contributed by atoms with Crippen LogP contribution in [0.1, 0.15) is 39.2 Å². The van der Waals surface area contributed by atoms with Crippen LogP contribution in [0.5, 0.6) is 5.75 Å². The molecule has 7 nitrogen and oxygen atoms in total. The maximum atomic E-state index is 12.6. The quantitative estimate of drug-likeness (QED) is 0.339. The summed E-state index contributed by atoms with van der Waals surface area (Å²) in [6.45, 7) is 11.7. The Bertz CT molecular complexity index is 725. The molecule has 2 saturated heterocycles. The molecule has 2 aliphatic heterocycles. The van der Waals surface area contributed by atoms with Crippen LogP contribution in [0.3, 0.4) is 0 Å². The number of hydrogen-bond acceptors (Lipinski definition) is 4. The largest absolute Gasteiger partial charge is 0.497 e. The molecule has 1 amide bonds. The summed E-state index contributed by atoms with van der Waals surface area (Å²) >= 11 is 0. The number of ether oxygens (including phenoxy) is 2. The average Bonchev–Trinajstić information content (AvgIpc) is 3.31. The molecule has 2 aliphatic rings. The fourth-order valence-corrected chi connectivity index (χ4v) is 3.95. The van der Waals surface area contributed by atoms with Crippen molar-refractivity contribution in [3.05, 3.63) is 29.8 Å². The summed E-state index contributed by atoms with van der Waals surface area (Å²) in [5.41, 5.74) is 1.14. The van der Waals surface area contributed by atoms with Gasteiger partial charge in [-0.05, 0) is 37.5 Å². The first-order chi connectivity index (χ1) is 14.4. The monoisotopic (exact) mass is 544 g/mol. The van der Waals surface area contributed by atoms with E-state index in [0.29, 0.717) is 26.2 Å². The second kappa shape index (κ2) is 11.9. The van der Waals surface area contributed by atoms with Crippen molar-refractivity contribution in [2.75, 3.05) is 53.0 Å². The molecule has 0 radical (unpaired) electrons. The normalized spacial score (nSPS) is 19.7. The average molecular weight is 544 g/mol. The van der Waals surface area contributed by atoms with Crippen LogP contribution in [0, 0.1) is 0 Å². The Labute approximate surface area is 203 Å². The summed E-state index contributed by atoms with van der Waals surface area (Å²) in [7, 11) is 1.68. The van der Waals surface area contributed by atoms with Crippen LogP contribution in [-0.4, -0.2) is 80.8 Å². The molecule has 8 heteroatoms. The van der Waals surface area contributed by atoms with Gasteiger partial charge < -0.3 is 24.6 Å². The van der Waals surface area contributed by atoms with Crippen LogP contribution in [0.2, 0.25) is 0 Å². The van der Waals surface area contributed by atoms with Gasteiger partial charge in [0.2, 0.25) is 0 Å². The lowest BCUT2D eigenvalue weighted by Crippen LogP contribution is -2.55. The van der Waals surface area contributed by atoms with Gasteiger partial charge in [0.15, 0.2) is 5.96 Å². The van der Waals surface area contributed by atoms with E-state index in [9.17, 15) is 4.79 Å². The van der Waals surface area contributed by atoms with Gasteiger partial charge >= 0.3 is 0 Å². The Kier molecular flexibility index (Phi) is 9.87. The van der Waals surface area contributed by atoms with Gasteiger partial charge in [-0.25, -0.2) is 0 Å². The lowest BCUT2D eigenvalue weighted by atomic mass is 9.85. The van der Waals surface area contributed by atoms with Crippen LogP contribution in [0.15, 0.2) is 29.3 Å². The smallest absolute Gasteiger partial charge is 0.251 e. The van der Waals surface area contributed by atoms with Gasteiger partial charge in [0.1, 0.15) is 11.9 Å². The lowest BCUT2D eigenvalue weighted by molar-refractivity contribution is -0.142. The van der Waals surface area contributed by atoms with Crippen LogP contribution in [0.25, 0.3) is 0 Å². The molecular weight excluding hydrogens is 507 g/mol. The Hall–Kier alpha value is -1.55. The highest BCUT2D eigenvalue weighted by atomic mass is 127. The molecule has 2 fully saturated rings. The van der Waals surface area contributed by atoms with Crippen molar-refractivity contribution in [3.63, 3.8) is 0 Å². The molecule has 1 unspecified atom stereocenters. The van der Waals surface area contributed by atoms with Gasteiger partial charge in [-0.15, -0.1) is 24.0 Å². The number of carbonyl (C=O) groups excluding carboxylic acids is 1. The predicted octanol–water partition coefficient (Wildman–Crippen LogP) is 2.88. The Morgan fingerprint density at radius 2 is 1.84 bits per heavy atom. The van der Waals surface area contributed by atoms with E-state index in [-0.39, 0.29) is 41.4 Å². The van der Waals surface area contributed by atoms with Crippen molar-refractivity contribution in [1.82, 2.24) is 15.1 Å². The van der Waals surface area contributed by atoms with E-state index < -0.39 is 0 Å². The molecule has 0 bridgehead atoms. The zero-order valence-electron chi connectivity index (χ0n) is 19.2. The molecule has 174 valence electrons. The third-order valence-electron chi connectivity index (χ3n) is 5.93. The number of guanidine groups is 1. The Morgan fingerprint density at radius 3 is 2.39 bits per heavy atom. The number of nitrogens with one attached hydrogen (secondary N) is 1. The number of hydrogen-bond donors (Lipinski definition) is 1. The van der Waals surface area contributed by atoms with E-state index in [1.54, 1.807) is 7.11 Å². The molecule has 0 aromatic heterocycles. The maximum absolute atomic E-state index is 12.6. The minimum absolute atomic E-state index is 0. The second-order valence-electron chi connectivity index (χ2n) is 8.60. The number of rotatable bonds is 6. The van der Waals surface area contributed by atoms with Crippen molar-refractivity contribution in [3.8, 4) is 5.75 Å². The molecule has 31 heavy (non-hydrogen) atoms. The first-order valence-corrected chi connectivity index (χ1v) is 11.0. The first kappa shape index (κ1) is 25.7. The third kappa shape index (κ3) is 6.71. The maximum Gasteiger partial charge on any atom is 0.251 e. The minimum Gasteiger partial charge on any atom is -0.497 e. The predicted molar refractivity (Wildman–Crippen MR) is 135 cm³/mol. The Balaban J connectivity index is 0.00000341. The number of nitrogens with zero attached hydrogens (tertiary/aromatic N) is 3. The molecule has 2 heterocycles. The summed E-state index contributed by atoms with van der Waals surface area (Å²) in [6.07, 6.45) is 1.60. The summed E-state index contributed by atoms with van der Waals surface area (Å²) in [5, 5.41) is 3.42. The molecule has 1 aromatic rings. The molecule has 0 saturated carbocycles. The number of carbonyl (C=O) groups is 1. The number of methoxy groups -OCH3 is 1. The molecular formula is C23H37IN4O3. The highest BCUT2D eigenvalue weighted by Crippen LogP contribution is 2.26. The molecule has 0 aliphatic carbocycles. The van der Waals surface area contributed by atoms with Crippen molar-refractivity contribution in [2.45, 2.75) is 45.1 Å². The molecule has 3 rings (SSSR count). The van der Waals surface area contributed by atoms with Gasteiger partial charge in [-0.3, -0.25) is 9.79 Å². The van der Waals surface area contributed by atoms with Crippen molar-refractivity contribution >= 4 is 35.8 Å². The van der Waals surface area contributed by atoms with Crippen molar-refractivity contribution < 1.29 is 14.3 Å². The lowest BCUT2D eigenvalue weighted by Gasteiger charge is -2.37. The van der Waals surface area contributed by atoms with Crippen LogP contribution < -0.4 is 10.1 Å². The van der Waals surface area contributed by atoms with Crippen LogP contribution >= 0.6 is 24.0 Å². The van der Waals surface area contributed by atoms with Crippen molar-refractivity contribution in [1.29, 1.82) is 0 Å². The topological polar surface area (TPSA) is 66.4 Å². The second-order valence-corrected chi connectivity index (χ2v) is 8.60. The molecule has 1 N–H and O–H groups in total. The van der Waals surface area contributed by atoms with Gasteiger partial charge in [-0.2, -0.15) is 0 Å². The van der Waals surface area contributed by atoms with E-state index in [4.69, 9.17) is 14.5 Å². The van der Waals surface area contributed by atoms with Gasteiger partial charge in [0.25, 0.3) is 5.91 Å². The fourth-order valence-electron chi connectivity index (χ4n) is 3.95. The van der Waals surface area contributed by atoms with E-state index in [1.807, 2.05) is 17.0 Å². The zero-order chi connectivity index (χ0) is 21.6. The summed E-state index contributed by atoms with van der Waals surface area (Å²) in [4.78, 5) is 21.7. The highest BCUT2D eigenvalue weighted by molar-refractivity contribution is 14.0. The SMILES string of the molecule is CCNC(=NCC(C)(C)c1ccc(OC)cc1)N1CCN(C(=O)C2CCCO2)CC1.I. The van der Waals surface area contributed by atoms with Crippen molar-refractivity contribution in [2.24, 2.45) is 4.99 Å². The van der Waals surface area contributed by atoms with E-state index >= 15 is 0 Å². The van der Waals surface area contributed by atoms with Crippen LogP contribution in [0.4, 0.5) is 0 Å². The van der Waals surface area contributed by atoms with E-state index in [1.165, 1.54) is 5.56 Å². The van der Waals surface area contributed by atoms with Gasteiger partial charge in [0.05, 0.1) is 13.7 Å². The molecule has 1 aromatic carbocycles. The van der Waals surface area contributed by atoms with Gasteiger partial charge in [-0.1, -0.05) is 26.0 Å². The standard InChI is InChI=1S/C23H36N4O3.HI/c1-5-24-22(25-17-23(2,3)18-8-10-19(29-4)11-9-18)27-14-12-26(13-15-27)21(28)20-7-6-16-30-20;/h8-11,20H,5-7,12-17H2,1-4H3,(H,24,25);1H. The van der Waals surface area contributed by atoms with Crippen LogP contribution in [-0.2, 0) is 14.9 Å². The zero-order valence-corrected chi connectivity index (χ0v) is 21.6. The Morgan fingerprint density at radius 1 is 1.19 bits per heavy atom. The number of piperazine rings is 1. The number of aliphatic imine (C=N–C) groups is 1. The number of amides is 1. The molecule has 1 atom stereocenters. The highest BCUT2D eigenvalue weighted by Gasteiger charge is 2.31. The fraction of sp³-hybridized carbons (Fsp3) is 0.652. The summed E-state index contributed by atoms with van der Waals surface area (Å²) in [6, 6.07) is 8.21. The van der Waals surface area contributed by atoms with E-state index in [0.717, 1.165) is 44.2 Å². The van der Waals surface area contributed by atoms with E-state index in [2.05, 4.69) is 43.1 Å². The minimum atomic E-state index is -0.233. The number of halogens is 1.